The number of aromatic nitrogens is 1. The fourth-order valence-electron chi connectivity index (χ4n) is 2.68. The molecule has 146 valence electrons. The summed E-state index contributed by atoms with van der Waals surface area (Å²) < 4.78 is 43.9. The molecule has 27 heavy (non-hydrogen) atoms. The van der Waals surface area contributed by atoms with Crippen LogP contribution in [0.15, 0.2) is 28.7 Å². The first-order valence-corrected chi connectivity index (χ1v) is 8.59. The molecule has 0 spiro atoms. The summed E-state index contributed by atoms with van der Waals surface area (Å²) in [6.07, 6.45) is -3.74. The highest BCUT2D eigenvalue weighted by Gasteiger charge is 2.30. The first-order valence-electron chi connectivity index (χ1n) is 8.59. The number of nitrogens with zero attached hydrogens (tertiary/aromatic N) is 3. The van der Waals surface area contributed by atoms with Crippen molar-refractivity contribution in [1.82, 2.24) is 9.88 Å². The lowest BCUT2D eigenvalue weighted by atomic mass is 10.0. The zero-order valence-corrected chi connectivity index (χ0v) is 15.8. The summed E-state index contributed by atoms with van der Waals surface area (Å²) >= 11 is 0. The third-order valence-corrected chi connectivity index (χ3v) is 4.06. The summed E-state index contributed by atoms with van der Waals surface area (Å²) in [5, 5.41) is 12.3. The molecule has 0 unspecified atom stereocenters. The van der Waals surface area contributed by atoms with Crippen LogP contribution < -0.4 is 5.32 Å². The second-order valence-electron chi connectivity index (χ2n) is 6.98. The van der Waals surface area contributed by atoms with Gasteiger partial charge in [-0.2, -0.15) is 18.4 Å². The van der Waals surface area contributed by atoms with Crippen molar-refractivity contribution in [3.63, 3.8) is 0 Å². The van der Waals surface area contributed by atoms with E-state index in [0.29, 0.717) is 24.8 Å². The Morgan fingerprint density at radius 1 is 1.22 bits per heavy atom. The standard InChI is InChI=1S/C19H23F3N4O/c1-12(2)9-17-25-15(10-23)18(27-17)24-11-16(26(3)4)13-5-7-14(8-6-13)19(20,21)22/h5-8,12,16,24H,9,11H2,1-4H3/t16-/m0/s1. The van der Waals surface area contributed by atoms with Crippen molar-refractivity contribution < 1.29 is 17.6 Å². The highest BCUT2D eigenvalue weighted by Crippen LogP contribution is 2.30. The largest absolute Gasteiger partial charge is 0.424 e. The Labute approximate surface area is 156 Å². The van der Waals surface area contributed by atoms with Crippen LogP contribution in [0.5, 0.6) is 0 Å². The highest BCUT2D eigenvalue weighted by molar-refractivity contribution is 5.45. The molecule has 0 aliphatic carbocycles. The zero-order chi connectivity index (χ0) is 20.2. The molecule has 1 aromatic heterocycles. The van der Waals surface area contributed by atoms with Crippen LogP contribution in [0.4, 0.5) is 19.1 Å². The Kier molecular flexibility index (Phi) is 6.50. The lowest BCUT2D eigenvalue weighted by molar-refractivity contribution is -0.137. The summed E-state index contributed by atoms with van der Waals surface area (Å²) in [7, 11) is 3.67. The van der Waals surface area contributed by atoms with Crippen LogP contribution in [-0.2, 0) is 12.6 Å². The van der Waals surface area contributed by atoms with Crippen molar-refractivity contribution in [3.8, 4) is 6.07 Å². The molecule has 5 nitrogen and oxygen atoms in total. The van der Waals surface area contributed by atoms with E-state index in [1.165, 1.54) is 12.1 Å². The number of alkyl halides is 3. The van der Waals surface area contributed by atoms with Crippen LogP contribution in [0.1, 0.15) is 42.6 Å². The SMILES string of the molecule is CC(C)Cc1nc(C#N)c(NC[C@@H](c2ccc(C(F)(F)F)cc2)N(C)C)o1. The number of hydrogen-bond donors (Lipinski definition) is 1. The Hall–Kier alpha value is -2.53. The molecule has 0 saturated carbocycles. The number of benzene rings is 1. The van der Waals surface area contributed by atoms with E-state index >= 15 is 0 Å². The van der Waals surface area contributed by atoms with Gasteiger partial charge in [0.1, 0.15) is 6.07 Å². The third kappa shape index (κ3) is 5.47. The Morgan fingerprint density at radius 2 is 1.85 bits per heavy atom. The maximum absolute atomic E-state index is 12.8. The minimum Gasteiger partial charge on any atom is -0.424 e. The van der Waals surface area contributed by atoms with Crippen molar-refractivity contribution in [1.29, 1.82) is 5.26 Å². The molecular weight excluding hydrogens is 357 g/mol. The zero-order valence-electron chi connectivity index (χ0n) is 15.8. The first-order chi connectivity index (χ1) is 12.6. The fourth-order valence-corrected chi connectivity index (χ4v) is 2.68. The molecule has 1 atom stereocenters. The van der Waals surface area contributed by atoms with Crippen molar-refractivity contribution in [2.45, 2.75) is 32.5 Å². The van der Waals surface area contributed by atoms with Crippen molar-refractivity contribution in [3.05, 3.63) is 47.0 Å². The summed E-state index contributed by atoms with van der Waals surface area (Å²) in [6.45, 7) is 4.40. The third-order valence-electron chi connectivity index (χ3n) is 4.06. The summed E-state index contributed by atoms with van der Waals surface area (Å²) in [5.74, 6) is 1.11. The van der Waals surface area contributed by atoms with Gasteiger partial charge in [0.15, 0.2) is 5.89 Å². The van der Waals surface area contributed by atoms with Crippen LogP contribution in [0.2, 0.25) is 0 Å². The van der Waals surface area contributed by atoms with Gasteiger partial charge in [0.05, 0.1) is 11.6 Å². The molecule has 8 heteroatoms. The molecule has 1 heterocycles. The lowest BCUT2D eigenvalue weighted by Crippen LogP contribution is -2.27. The lowest BCUT2D eigenvalue weighted by Gasteiger charge is -2.25. The van der Waals surface area contributed by atoms with Gasteiger partial charge in [-0.3, -0.25) is 0 Å². The molecule has 0 saturated heterocycles. The monoisotopic (exact) mass is 380 g/mol. The number of nitriles is 1. The topological polar surface area (TPSA) is 65.1 Å². The fraction of sp³-hybridized carbons (Fsp3) is 0.474. The number of rotatable bonds is 7. The van der Waals surface area contributed by atoms with Crippen LogP contribution in [0.25, 0.3) is 0 Å². The maximum atomic E-state index is 12.8. The summed E-state index contributed by atoms with van der Waals surface area (Å²) in [4.78, 5) is 6.06. The van der Waals surface area contributed by atoms with E-state index in [0.717, 1.165) is 17.7 Å². The molecule has 2 aromatic rings. The second-order valence-corrected chi connectivity index (χ2v) is 6.98. The van der Waals surface area contributed by atoms with Crippen LogP contribution >= 0.6 is 0 Å². The van der Waals surface area contributed by atoms with Crippen molar-refractivity contribution in [2.75, 3.05) is 26.0 Å². The molecule has 1 N–H and O–H groups in total. The van der Waals surface area contributed by atoms with E-state index in [9.17, 15) is 18.4 Å². The van der Waals surface area contributed by atoms with E-state index in [-0.39, 0.29) is 17.6 Å². The average molecular weight is 380 g/mol. The molecule has 2 rings (SSSR count). The van der Waals surface area contributed by atoms with Gasteiger partial charge in [0.25, 0.3) is 0 Å². The van der Waals surface area contributed by atoms with E-state index in [4.69, 9.17) is 4.42 Å². The number of anilines is 1. The highest BCUT2D eigenvalue weighted by atomic mass is 19.4. The number of nitrogens with one attached hydrogen (secondary N) is 1. The molecule has 0 aliphatic rings. The molecule has 0 aliphatic heterocycles. The predicted molar refractivity (Wildman–Crippen MR) is 96.1 cm³/mol. The Morgan fingerprint density at radius 3 is 2.33 bits per heavy atom. The van der Waals surface area contributed by atoms with Gasteiger partial charge in [0.2, 0.25) is 11.6 Å². The molecule has 1 aromatic carbocycles. The van der Waals surface area contributed by atoms with E-state index in [2.05, 4.69) is 10.3 Å². The minimum atomic E-state index is -4.36. The van der Waals surface area contributed by atoms with Crippen molar-refractivity contribution >= 4 is 5.88 Å². The molecule has 0 fully saturated rings. The van der Waals surface area contributed by atoms with Gasteiger partial charge in [-0.1, -0.05) is 26.0 Å². The van der Waals surface area contributed by atoms with E-state index < -0.39 is 11.7 Å². The normalized spacial score (nSPS) is 13.0. The maximum Gasteiger partial charge on any atom is 0.416 e. The summed E-state index contributed by atoms with van der Waals surface area (Å²) in [5.41, 5.74) is 0.216. The van der Waals surface area contributed by atoms with E-state index in [1.807, 2.05) is 38.9 Å². The van der Waals surface area contributed by atoms with Gasteiger partial charge in [-0.05, 0) is 37.7 Å². The second kappa shape index (κ2) is 8.44. The first kappa shape index (κ1) is 20.8. The smallest absolute Gasteiger partial charge is 0.416 e. The van der Waals surface area contributed by atoms with Crippen molar-refractivity contribution in [2.24, 2.45) is 5.92 Å². The molecule has 0 amide bonds. The molecular formula is C19H23F3N4O. The predicted octanol–water partition coefficient (Wildman–Crippen LogP) is 4.48. The summed E-state index contributed by atoms with van der Waals surface area (Å²) in [6, 6.07) is 6.86. The average Bonchev–Trinajstić information content (AvgIpc) is 2.95. The molecule has 0 radical (unpaired) electrons. The van der Waals surface area contributed by atoms with Gasteiger partial charge in [-0.15, -0.1) is 0 Å². The van der Waals surface area contributed by atoms with Gasteiger partial charge in [0, 0.05) is 13.0 Å². The van der Waals surface area contributed by atoms with Gasteiger partial charge < -0.3 is 14.6 Å². The number of oxazole rings is 1. The van der Waals surface area contributed by atoms with Gasteiger partial charge >= 0.3 is 6.18 Å². The quantitative estimate of drug-likeness (QED) is 0.767. The number of likely N-dealkylation sites (N-methyl/N-ethyl adjacent to an activating group) is 1. The van der Waals surface area contributed by atoms with Crippen LogP contribution in [0.3, 0.4) is 0 Å². The molecule has 0 bridgehead atoms. The van der Waals surface area contributed by atoms with Gasteiger partial charge in [-0.25, -0.2) is 4.98 Å². The van der Waals surface area contributed by atoms with Crippen LogP contribution in [0, 0.1) is 17.2 Å². The Bertz CT molecular complexity index is 789. The van der Waals surface area contributed by atoms with Crippen LogP contribution in [-0.4, -0.2) is 30.5 Å². The minimum absolute atomic E-state index is 0.176. The number of halogens is 3. The number of hydrogen-bond acceptors (Lipinski definition) is 5. The Balaban J connectivity index is 2.16. The van der Waals surface area contributed by atoms with E-state index in [1.54, 1.807) is 0 Å².